The van der Waals surface area contributed by atoms with Crippen molar-refractivity contribution in [3.8, 4) is 0 Å². The molecule has 2 aromatic carbocycles. The fourth-order valence-electron chi connectivity index (χ4n) is 3.02. The molecule has 0 N–H and O–H groups in total. The second kappa shape index (κ2) is 8.62. The minimum Gasteiger partial charge on any atom is -0.466 e. The lowest BCUT2D eigenvalue weighted by Gasteiger charge is -2.20. The van der Waals surface area contributed by atoms with E-state index in [-0.39, 0.29) is 18.2 Å². The highest BCUT2D eigenvalue weighted by Crippen LogP contribution is 2.22. The summed E-state index contributed by atoms with van der Waals surface area (Å²) in [6, 6.07) is 15.2. The van der Waals surface area contributed by atoms with Crippen LogP contribution in [0.3, 0.4) is 0 Å². The normalized spacial score (nSPS) is 10.8. The Morgan fingerprint density at radius 3 is 2.81 bits per heavy atom. The largest absolute Gasteiger partial charge is 0.466 e. The van der Waals surface area contributed by atoms with Crippen molar-refractivity contribution in [1.82, 2.24) is 4.98 Å². The van der Waals surface area contributed by atoms with Gasteiger partial charge in [0.15, 0.2) is 0 Å². The van der Waals surface area contributed by atoms with Gasteiger partial charge in [-0.2, -0.15) is 0 Å². The number of benzene rings is 2. The highest BCUT2D eigenvalue weighted by Gasteiger charge is 2.10. The predicted octanol–water partition coefficient (Wildman–Crippen LogP) is 4.51. The summed E-state index contributed by atoms with van der Waals surface area (Å²) in [6.45, 7) is 2.75. The van der Waals surface area contributed by atoms with Crippen LogP contribution in [0.1, 0.15) is 24.5 Å². The van der Waals surface area contributed by atoms with E-state index in [2.05, 4.69) is 17.1 Å². The summed E-state index contributed by atoms with van der Waals surface area (Å²) < 4.78 is 19.3. The van der Waals surface area contributed by atoms with Gasteiger partial charge in [0.2, 0.25) is 0 Å². The van der Waals surface area contributed by atoms with Gasteiger partial charge in [-0.15, -0.1) is 0 Å². The SMILES string of the molecule is CCOC(=O)CCc1ccc(N(C)Cc2ccc3cccnc3c2)cc1F. The first-order valence-electron chi connectivity index (χ1n) is 9.05. The van der Waals surface area contributed by atoms with Gasteiger partial charge in [0.05, 0.1) is 12.1 Å². The molecule has 0 atom stereocenters. The van der Waals surface area contributed by atoms with Gasteiger partial charge in [-0.25, -0.2) is 4.39 Å². The number of hydrogen-bond acceptors (Lipinski definition) is 4. The Kier molecular flexibility index (Phi) is 6.01. The van der Waals surface area contributed by atoms with Crippen molar-refractivity contribution in [2.24, 2.45) is 0 Å². The van der Waals surface area contributed by atoms with Gasteiger partial charge in [0.1, 0.15) is 5.82 Å². The maximum absolute atomic E-state index is 14.4. The first-order chi connectivity index (χ1) is 13.1. The van der Waals surface area contributed by atoms with Crippen molar-refractivity contribution in [3.05, 3.63) is 71.7 Å². The molecule has 3 aromatic rings. The maximum atomic E-state index is 14.4. The van der Waals surface area contributed by atoms with Crippen LogP contribution in [0.2, 0.25) is 0 Å². The average molecular weight is 366 g/mol. The molecule has 0 saturated carbocycles. The fourth-order valence-corrected chi connectivity index (χ4v) is 3.02. The fraction of sp³-hybridized carbons (Fsp3) is 0.273. The number of rotatable bonds is 7. The molecule has 0 aliphatic carbocycles. The van der Waals surface area contributed by atoms with Crippen LogP contribution in [0.15, 0.2) is 54.7 Å². The first kappa shape index (κ1) is 18.8. The highest BCUT2D eigenvalue weighted by molar-refractivity contribution is 5.79. The molecule has 1 heterocycles. The minimum absolute atomic E-state index is 0.185. The molecule has 27 heavy (non-hydrogen) atoms. The summed E-state index contributed by atoms with van der Waals surface area (Å²) in [5.41, 5.74) is 3.36. The van der Waals surface area contributed by atoms with Gasteiger partial charge in [-0.1, -0.05) is 24.3 Å². The van der Waals surface area contributed by atoms with E-state index in [1.807, 2.05) is 36.2 Å². The van der Waals surface area contributed by atoms with E-state index in [0.29, 0.717) is 25.1 Å². The molecule has 0 spiro atoms. The van der Waals surface area contributed by atoms with Crippen LogP contribution in [0.4, 0.5) is 10.1 Å². The molecule has 3 rings (SSSR count). The molecule has 1 aromatic heterocycles. The molecule has 0 unspecified atom stereocenters. The van der Waals surface area contributed by atoms with E-state index >= 15 is 0 Å². The summed E-state index contributed by atoms with van der Waals surface area (Å²) in [5, 5.41) is 1.10. The molecule has 0 aliphatic heterocycles. The Hall–Kier alpha value is -2.95. The van der Waals surface area contributed by atoms with Gasteiger partial charge in [-0.3, -0.25) is 9.78 Å². The lowest BCUT2D eigenvalue weighted by atomic mass is 10.1. The van der Waals surface area contributed by atoms with Crippen LogP contribution in [-0.4, -0.2) is 24.6 Å². The first-order valence-corrected chi connectivity index (χ1v) is 9.05. The zero-order valence-electron chi connectivity index (χ0n) is 15.6. The van der Waals surface area contributed by atoms with Gasteiger partial charge in [0.25, 0.3) is 0 Å². The van der Waals surface area contributed by atoms with Crippen molar-refractivity contribution in [2.75, 3.05) is 18.6 Å². The minimum atomic E-state index is -0.303. The lowest BCUT2D eigenvalue weighted by molar-refractivity contribution is -0.143. The lowest BCUT2D eigenvalue weighted by Crippen LogP contribution is -2.16. The van der Waals surface area contributed by atoms with E-state index in [1.54, 1.807) is 19.2 Å². The zero-order chi connectivity index (χ0) is 19.2. The van der Waals surface area contributed by atoms with Crippen LogP contribution in [-0.2, 0) is 22.5 Å². The van der Waals surface area contributed by atoms with Gasteiger partial charge >= 0.3 is 5.97 Å². The molecule has 0 saturated heterocycles. The number of carbonyl (C=O) groups is 1. The van der Waals surface area contributed by atoms with Crippen LogP contribution >= 0.6 is 0 Å². The van der Waals surface area contributed by atoms with Crippen LogP contribution in [0.25, 0.3) is 10.9 Å². The third kappa shape index (κ3) is 4.82. The Morgan fingerprint density at radius 1 is 1.19 bits per heavy atom. The zero-order valence-corrected chi connectivity index (χ0v) is 15.6. The third-order valence-corrected chi connectivity index (χ3v) is 4.47. The number of aromatic nitrogens is 1. The van der Waals surface area contributed by atoms with Crippen molar-refractivity contribution in [1.29, 1.82) is 0 Å². The molecule has 0 aliphatic rings. The number of nitrogens with zero attached hydrogens (tertiary/aromatic N) is 2. The van der Waals surface area contributed by atoms with Gasteiger partial charge in [0, 0.05) is 37.3 Å². The molecule has 5 heteroatoms. The number of esters is 1. The van der Waals surface area contributed by atoms with Crippen LogP contribution < -0.4 is 4.90 Å². The number of carbonyl (C=O) groups excluding carboxylic acids is 1. The molecular formula is C22H23FN2O2. The van der Waals surface area contributed by atoms with Crippen LogP contribution in [0, 0.1) is 5.82 Å². The molecule has 0 fully saturated rings. The number of fused-ring (bicyclic) bond motifs is 1. The summed E-state index contributed by atoms with van der Waals surface area (Å²) >= 11 is 0. The maximum Gasteiger partial charge on any atom is 0.306 e. The van der Waals surface area contributed by atoms with Crippen molar-refractivity contribution < 1.29 is 13.9 Å². The quantitative estimate of drug-likeness (QED) is 0.577. The van der Waals surface area contributed by atoms with E-state index in [9.17, 15) is 9.18 Å². The summed E-state index contributed by atoms with van der Waals surface area (Å²) in [4.78, 5) is 17.8. The number of pyridine rings is 1. The van der Waals surface area contributed by atoms with Crippen molar-refractivity contribution in [3.63, 3.8) is 0 Å². The number of halogens is 1. The van der Waals surface area contributed by atoms with E-state index in [4.69, 9.17) is 4.74 Å². The molecule has 4 nitrogen and oxygen atoms in total. The number of anilines is 1. The Labute approximate surface area is 158 Å². The number of ether oxygens (including phenoxy) is 1. The summed E-state index contributed by atoms with van der Waals surface area (Å²) in [5.74, 6) is -0.605. The monoisotopic (exact) mass is 366 g/mol. The third-order valence-electron chi connectivity index (χ3n) is 4.47. The van der Waals surface area contributed by atoms with Crippen molar-refractivity contribution >= 4 is 22.6 Å². The smallest absolute Gasteiger partial charge is 0.306 e. The predicted molar refractivity (Wildman–Crippen MR) is 105 cm³/mol. The Balaban J connectivity index is 1.67. The van der Waals surface area contributed by atoms with Crippen molar-refractivity contribution in [2.45, 2.75) is 26.3 Å². The number of aryl methyl sites for hydroxylation is 1. The molecule has 0 bridgehead atoms. The summed E-state index contributed by atoms with van der Waals surface area (Å²) in [6.07, 6.45) is 2.30. The number of hydrogen-bond donors (Lipinski definition) is 0. The molecule has 140 valence electrons. The second-order valence-electron chi connectivity index (χ2n) is 6.47. The highest BCUT2D eigenvalue weighted by atomic mass is 19.1. The molecular weight excluding hydrogens is 343 g/mol. The molecule has 0 radical (unpaired) electrons. The topological polar surface area (TPSA) is 42.4 Å². The van der Waals surface area contributed by atoms with E-state index in [0.717, 1.165) is 22.2 Å². The standard InChI is InChI=1S/C22H23FN2O2/c1-3-27-22(26)11-9-17-8-10-19(14-20(17)23)25(2)15-16-6-7-18-5-4-12-24-21(18)13-16/h4-8,10,12-14H,3,9,11,15H2,1-2H3. The van der Waals surface area contributed by atoms with Crippen LogP contribution in [0.5, 0.6) is 0 Å². The van der Waals surface area contributed by atoms with E-state index < -0.39 is 0 Å². The Morgan fingerprint density at radius 2 is 2.04 bits per heavy atom. The summed E-state index contributed by atoms with van der Waals surface area (Å²) in [7, 11) is 1.93. The molecule has 0 amide bonds. The van der Waals surface area contributed by atoms with Gasteiger partial charge in [-0.05, 0) is 48.7 Å². The van der Waals surface area contributed by atoms with Gasteiger partial charge < -0.3 is 9.64 Å². The average Bonchev–Trinajstić information content (AvgIpc) is 2.67. The second-order valence-corrected chi connectivity index (χ2v) is 6.47. The van der Waals surface area contributed by atoms with E-state index in [1.165, 1.54) is 6.07 Å². The Bertz CT molecular complexity index is 942.